The molecule has 0 radical (unpaired) electrons. The number of aliphatic hydroxyl groups excluding tert-OH is 1. The summed E-state index contributed by atoms with van der Waals surface area (Å²) in [5.74, 6) is 0. The summed E-state index contributed by atoms with van der Waals surface area (Å²) < 4.78 is 0. The van der Waals surface area contributed by atoms with Crippen molar-refractivity contribution in [3.05, 3.63) is 29.8 Å². The van der Waals surface area contributed by atoms with Gasteiger partial charge in [0.05, 0.1) is 12.1 Å². The van der Waals surface area contributed by atoms with Crippen LogP contribution in [0.25, 0.3) is 0 Å². The van der Waals surface area contributed by atoms with Crippen LogP contribution < -0.4 is 10.6 Å². The van der Waals surface area contributed by atoms with Crippen molar-refractivity contribution in [2.75, 3.05) is 18.9 Å². The monoisotopic (exact) mass is 178 g/mol. The van der Waals surface area contributed by atoms with E-state index in [1.165, 1.54) is 0 Å². The van der Waals surface area contributed by atoms with Gasteiger partial charge in [0.15, 0.2) is 0 Å². The van der Waals surface area contributed by atoms with Crippen molar-refractivity contribution in [2.24, 2.45) is 0 Å². The zero-order valence-electron chi connectivity index (χ0n) is 7.62. The van der Waals surface area contributed by atoms with E-state index in [2.05, 4.69) is 10.6 Å². The first-order valence-electron chi connectivity index (χ1n) is 4.51. The molecule has 0 fully saturated rings. The van der Waals surface area contributed by atoms with Crippen LogP contribution in [0.3, 0.4) is 0 Å². The van der Waals surface area contributed by atoms with Crippen LogP contribution >= 0.6 is 0 Å². The van der Waals surface area contributed by atoms with Gasteiger partial charge in [0.25, 0.3) is 0 Å². The Labute approximate surface area is 77.8 Å². The predicted molar refractivity (Wildman–Crippen MR) is 52.7 cm³/mol. The van der Waals surface area contributed by atoms with E-state index in [9.17, 15) is 5.11 Å². The van der Waals surface area contributed by atoms with E-state index in [0.717, 1.165) is 11.3 Å². The normalized spacial score (nSPS) is 26.3. The average Bonchev–Trinajstić information content (AvgIpc) is 2.18. The molecule has 0 aliphatic carbocycles. The van der Waals surface area contributed by atoms with Gasteiger partial charge in [0.1, 0.15) is 0 Å². The third-order valence-corrected chi connectivity index (χ3v) is 2.49. The number of benzene rings is 1. The van der Waals surface area contributed by atoms with Crippen LogP contribution in [-0.2, 0) is 0 Å². The third-order valence-electron chi connectivity index (χ3n) is 2.49. The minimum atomic E-state index is -0.347. The lowest BCUT2D eigenvalue weighted by Crippen LogP contribution is -2.38. The second kappa shape index (κ2) is 3.36. The molecule has 3 nitrogen and oxygen atoms in total. The highest BCUT2D eigenvalue weighted by molar-refractivity contribution is 5.55. The van der Waals surface area contributed by atoms with E-state index in [1.807, 2.05) is 31.3 Å². The minimum Gasteiger partial charge on any atom is -0.389 e. The molecular formula is C10H14N2O. The molecule has 0 amide bonds. The van der Waals surface area contributed by atoms with Crippen LogP contribution in [0.15, 0.2) is 24.3 Å². The smallest absolute Gasteiger partial charge is 0.0907 e. The van der Waals surface area contributed by atoms with Gasteiger partial charge in [-0.3, -0.25) is 0 Å². The van der Waals surface area contributed by atoms with Crippen molar-refractivity contribution < 1.29 is 5.11 Å². The standard InChI is InChI=1S/C10H14N2O/c1-11-10-7-4-2-3-5-8(7)12-6-9(10)13/h2-5,9-13H,6H2,1H3/t9-,10-/m1/s1. The van der Waals surface area contributed by atoms with Crippen LogP contribution in [0.5, 0.6) is 0 Å². The third kappa shape index (κ3) is 1.41. The van der Waals surface area contributed by atoms with E-state index in [0.29, 0.717) is 6.54 Å². The van der Waals surface area contributed by atoms with Gasteiger partial charge in [-0.2, -0.15) is 0 Å². The van der Waals surface area contributed by atoms with Gasteiger partial charge in [-0.15, -0.1) is 0 Å². The first kappa shape index (κ1) is 8.53. The number of para-hydroxylation sites is 1. The summed E-state index contributed by atoms with van der Waals surface area (Å²) in [5, 5.41) is 16.0. The summed E-state index contributed by atoms with van der Waals surface area (Å²) in [6, 6.07) is 8.11. The lowest BCUT2D eigenvalue weighted by molar-refractivity contribution is 0.139. The van der Waals surface area contributed by atoms with Crippen molar-refractivity contribution in [2.45, 2.75) is 12.1 Å². The first-order chi connectivity index (χ1) is 6.33. The maximum atomic E-state index is 9.69. The fourth-order valence-electron chi connectivity index (χ4n) is 1.82. The van der Waals surface area contributed by atoms with Crippen LogP contribution in [0.4, 0.5) is 5.69 Å². The minimum absolute atomic E-state index is 0.0532. The Hall–Kier alpha value is -1.06. The molecule has 70 valence electrons. The molecule has 3 N–H and O–H groups in total. The number of nitrogens with one attached hydrogen (secondary N) is 2. The Morgan fingerprint density at radius 1 is 1.46 bits per heavy atom. The largest absolute Gasteiger partial charge is 0.389 e. The van der Waals surface area contributed by atoms with Gasteiger partial charge < -0.3 is 15.7 Å². The summed E-state index contributed by atoms with van der Waals surface area (Å²) in [5.41, 5.74) is 2.26. The molecule has 0 spiro atoms. The number of likely N-dealkylation sites (N-methyl/N-ethyl adjacent to an activating group) is 1. The number of aliphatic hydroxyl groups is 1. The highest BCUT2D eigenvalue weighted by Crippen LogP contribution is 2.28. The second-order valence-corrected chi connectivity index (χ2v) is 3.30. The summed E-state index contributed by atoms with van der Waals surface area (Å²) in [6.07, 6.45) is -0.347. The molecule has 2 rings (SSSR count). The number of rotatable bonds is 1. The first-order valence-corrected chi connectivity index (χ1v) is 4.51. The van der Waals surface area contributed by atoms with Crippen molar-refractivity contribution in [1.82, 2.24) is 5.32 Å². The summed E-state index contributed by atoms with van der Waals surface area (Å²) in [7, 11) is 1.87. The molecule has 1 aromatic carbocycles. The topological polar surface area (TPSA) is 44.3 Å². The van der Waals surface area contributed by atoms with E-state index in [1.54, 1.807) is 0 Å². The van der Waals surface area contributed by atoms with Crippen LogP contribution in [0, 0.1) is 0 Å². The van der Waals surface area contributed by atoms with Crippen molar-refractivity contribution in [1.29, 1.82) is 0 Å². The van der Waals surface area contributed by atoms with E-state index in [-0.39, 0.29) is 12.1 Å². The Morgan fingerprint density at radius 2 is 2.23 bits per heavy atom. The van der Waals surface area contributed by atoms with Crippen LogP contribution in [0.2, 0.25) is 0 Å². The maximum Gasteiger partial charge on any atom is 0.0907 e. The molecule has 1 heterocycles. The number of anilines is 1. The molecule has 3 heteroatoms. The lowest BCUT2D eigenvalue weighted by Gasteiger charge is -2.30. The molecule has 13 heavy (non-hydrogen) atoms. The highest BCUT2D eigenvalue weighted by Gasteiger charge is 2.25. The van der Waals surface area contributed by atoms with Gasteiger partial charge in [0, 0.05) is 12.2 Å². The zero-order valence-corrected chi connectivity index (χ0v) is 7.62. The van der Waals surface area contributed by atoms with Crippen LogP contribution in [-0.4, -0.2) is 24.8 Å². The molecular weight excluding hydrogens is 164 g/mol. The Morgan fingerprint density at radius 3 is 3.00 bits per heavy atom. The van der Waals surface area contributed by atoms with Gasteiger partial charge in [0.2, 0.25) is 0 Å². The predicted octanol–water partition coefficient (Wildman–Crippen LogP) is 0.733. The van der Waals surface area contributed by atoms with E-state index >= 15 is 0 Å². The van der Waals surface area contributed by atoms with Crippen molar-refractivity contribution in [3.8, 4) is 0 Å². The Bertz CT molecular complexity index is 301. The molecule has 1 aromatic rings. The molecule has 0 aromatic heterocycles. The van der Waals surface area contributed by atoms with Gasteiger partial charge in [-0.25, -0.2) is 0 Å². The molecule has 0 saturated heterocycles. The number of hydrogen-bond acceptors (Lipinski definition) is 3. The molecule has 0 bridgehead atoms. The lowest BCUT2D eigenvalue weighted by atomic mass is 9.96. The molecule has 0 unspecified atom stereocenters. The average molecular weight is 178 g/mol. The van der Waals surface area contributed by atoms with E-state index < -0.39 is 0 Å². The fraction of sp³-hybridized carbons (Fsp3) is 0.400. The SMILES string of the molecule is CN[C@@H]1c2ccccc2NC[C@H]1O. The Balaban J connectivity index is 2.39. The van der Waals surface area contributed by atoms with Gasteiger partial charge in [-0.05, 0) is 18.7 Å². The Kier molecular flexibility index (Phi) is 2.20. The van der Waals surface area contributed by atoms with E-state index in [4.69, 9.17) is 0 Å². The summed E-state index contributed by atoms with van der Waals surface area (Å²) in [6.45, 7) is 0.614. The van der Waals surface area contributed by atoms with Crippen LogP contribution in [0.1, 0.15) is 11.6 Å². The summed E-state index contributed by atoms with van der Waals surface area (Å²) >= 11 is 0. The zero-order chi connectivity index (χ0) is 9.26. The van der Waals surface area contributed by atoms with Gasteiger partial charge >= 0.3 is 0 Å². The molecule has 2 atom stereocenters. The van der Waals surface area contributed by atoms with Crippen molar-refractivity contribution >= 4 is 5.69 Å². The molecule has 0 saturated carbocycles. The number of hydrogen-bond donors (Lipinski definition) is 3. The number of fused-ring (bicyclic) bond motifs is 1. The van der Waals surface area contributed by atoms with Crippen molar-refractivity contribution in [3.63, 3.8) is 0 Å². The van der Waals surface area contributed by atoms with Gasteiger partial charge in [-0.1, -0.05) is 18.2 Å². The molecule has 1 aliphatic rings. The second-order valence-electron chi connectivity index (χ2n) is 3.30. The molecule has 1 aliphatic heterocycles. The maximum absolute atomic E-state index is 9.69. The fourth-order valence-corrected chi connectivity index (χ4v) is 1.82. The highest BCUT2D eigenvalue weighted by atomic mass is 16.3. The number of β-amino-alcohol motifs (C(OH)–C–C–N with tert-alkyl or cyclic N) is 1. The quantitative estimate of drug-likeness (QED) is 0.594. The summed E-state index contributed by atoms with van der Waals surface area (Å²) in [4.78, 5) is 0.